The second-order valence-corrected chi connectivity index (χ2v) is 7.31. The minimum atomic E-state index is -0.193. The molecule has 4 rings (SSSR count). The summed E-state index contributed by atoms with van der Waals surface area (Å²) in [5.41, 5.74) is 3.65. The van der Waals surface area contributed by atoms with Crippen LogP contribution >= 0.6 is 0 Å². The summed E-state index contributed by atoms with van der Waals surface area (Å²) in [5, 5.41) is 0. The Morgan fingerprint density at radius 2 is 1.39 bits per heavy atom. The number of rotatable bonds is 5. The molecule has 0 spiro atoms. The molecule has 3 heteroatoms. The average molecular weight is 371 g/mol. The molecule has 1 heterocycles. The van der Waals surface area contributed by atoms with Crippen molar-refractivity contribution in [1.82, 2.24) is 4.90 Å². The van der Waals surface area contributed by atoms with Crippen molar-refractivity contribution in [3.8, 4) is 0 Å². The van der Waals surface area contributed by atoms with Crippen LogP contribution in [0, 0.1) is 5.92 Å². The lowest BCUT2D eigenvalue weighted by molar-refractivity contribution is -0.146. The van der Waals surface area contributed by atoms with E-state index in [2.05, 4.69) is 65.6 Å². The van der Waals surface area contributed by atoms with Crippen molar-refractivity contribution in [3.63, 3.8) is 0 Å². The fourth-order valence-electron chi connectivity index (χ4n) is 4.39. The first-order chi connectivity index (χ1) is 13.8. The summed E-state index contributed by atoms with van der Waals surface area (Å²) in [5.74, 6) is -0.327. The molecular weight excluding hydrogens is 346 g/mol. The highest BCUT2D eigenvalue weighted by atomic mass is 16.5. The monoisotopic (exact) mass is 371 g/mol. The second kappa shape index (κ2) is 8.41. The third-order valence-electron chi connectivity index (χ3n) is 5.65. The van der Waals surface area contributed by atoms with Gasteiger partial charge in [0.1, 0.15) is 0 Å². The van der Waals surface area contributed by atoms with Crippen LogP contribution in [-0.4, -0.2) is 18.0 Å². The Morgan fingerprint density at radius 1 is 0.857 bits per heavy atom. The van der Waals surface area contributed by atoms with Gasteiger partial charge in [-0.25, -0.2) is 0 Å². The average Bonchev–Trinajstić information content (AvgIpc) is 3.14. The molecule has 3 atom stereocenters. The van der Waals surface area contributed by atoms with E-state index in [0.29, 0.717) is 0 Å². The summed E-state index contributed by atoms with van der Waals surface area (Å²) >= 11 is 0. The molecule has 0 amide bonds. The first-order valence-corrected chi connectivity index (χ1v) is 9.75. The number of hydrogen-bond donors (Lipinski definition) is 0. The van der Waals surface area contributed by atoms with E-state index in [1.54, 1.807) is 0 Å². The molecule has 1 saturated heterocycles. The topological polar surface area (TPSA) is 29.5 Å². The van der Waals surface area contributed by atoms with Gasteiger partial charge in [-0.2, -0.15) is 0 Å². The van der Waals surface area contributed by atoms with E-state index in [0.717, 1.165) is 18.5 Å². The van der Waals surface area contributed by atoms with Crippen molar-refractivity contribution in [1.29, 1.82) is 0 Å². The zero-order valence-corrected chi connectivity index (χ0v) is 16.1. The Morgan fingerprint density at radius 3 is 1.96 bits per heavy atom. The summed E-state index contributed by atoms with van der Waals surface area (Å²) < 4.78 is 5.20. The van der Waals surface area contributed by atoms with Crippen molar-refractivity contribution in [2.45, 2.75) is 25.0 Å². The molecule has 3 aromatic rings. The second-order valence-electron chi connectivity index (χ2n) is 7.31. The Bertz CT molecular complexity index is 896. The molecule has 142 valence electrons. The van der Waals surface area contributed by atoms with E-state index in [1.807, 2.05) is 30.3 Å². The Kier molecular flexibility index (Phi) is 5.54. The maximum absolute atomic E-state index is 12.7. The fourth-order valence-corrected chi connectivity index (χ4v) is 4.39. The van der Waals surface area contributed by atoms with Crippen molar-refractivity contribution >= 4 is 5.97 Å². The molecule has 0 aliphatic carbocycles. The van der Waals surface area contributed by atoms with Crippen LogP contribution in [0.2, 0.25) is 0 Å². The molecule has 0 radical (unpaired) electrons. The molecule has 0 unspecified atom stereocenters. The summed E-state index contributed by atoms with van der Waals surface area (Å²) in [7, 11) is 1.49. The van der Waals surface area contributed by atoms with Crippen LogP contribution in [0.15, 0.2) is 91.0 Å². The van der Waals surface area contributed by atoms with Gasteiger partial charge in [0.05, 0.1) is 13.0 Å². The largest absolute Gasteiger partial charge is 0.469 e. The van der Waals surface area contributed by atoms with Crippen LogP contribution < -0.4 is 0 Å². The van der Waals surface area contributed by atoms with Gasteiger partial charge in [0.15, 0.2) is 0 Å². The van der Waals surface area contributed by atoms with Gasteiger partial charge in [-0.05, 0) is 23.1 Å². The van der Waals surface area contributed by atoms with Gasteiger partial charge in [-0.3, -0.25) is 9.69 Å². The maximum Gasteiger partial charge on any atom is 0.310 e. The zero-order valence-electron chi connectivity index (χ0n) is 16.1. The quantitative estimate of drug-likeness (QED) is 0.580. The van der Waals surface area contributed by atoms with E-state index in [1.165, 1.54) is 18.2 Å². The summed E-state index contributed by atoms with van der Waals surface area (Å²) in [6, 6.07) is 31.4. The Labute approximate surface area is 166 Å². The minimum Gasteiger partial charge on any atom is -0.469 e. The molecule has 1 aliphatic rings. The molecule has 1 fully saturated rings. The number of esters is 1. The maximum atomic E-state index is 12.7. The number of benzene rings is 3. The number of carbonyl (C=O) groups excluding carboxylic acids is 1. The summed E-state index contributed by atoms with van der Waals surface area (Å²) in [4.78, 5) is 15.2. The van der Waals surface area contributed by atoms with Gasteiger partial charge < -0.3 is 4.74 Å². The lowest BCUT2D eigenvalue weighted by atomic mass is 9.92. The van der Waals surface area contributed by atoms with Crippen molar-refractivity contribution in [2.75, 3.05) is 7.11 Å². The van der Waals surface area contributed by atoms with Gasteiger partial charge in [0, 0.05) is 18.6 Å². The fraction of sp³-hybridized carbons (Fsp3) is 0.240. The first-order valence-electron chi connectivity index (χ1n) is 9.75. The smallest absolute Gasteiger partial charge is 0.310 e. The minimum absolute atomic E-state index is 0.0148. The number of methoxy groups -OCH3 is 1. The van der Waals surface area contributed by atoms with Crippen LogP contribution in [0.25, 0.3) is 0 Å². The summed E-state index contributed by atoms with van der Waals surface area (Å²) in [6.45, 7) is 0.785. The van der Waals surface area contributed by atoms with E-state index in [9.17, 15) is 4.79 Å². The van der Waals surface area contributed by atoms with Gasteiger partial charge in [0.2, 0.25) is 0 Å². The highest BCUT2D eigenvalue weighted by Gasteiger charge is 2.46. The lowest BCUT2D eigenvalue weighted by Gasteiger charge is -2.32. The van der Waals surface area contributed by atoms with Gasteiger partial charge >= 0.3 is 5.97 Å². The SMILES string of the molecule is COC(=O)[C@@H]1C[C@H](c2ccccc2)N(Cc2ccccc2)[C@H]1c1ccccc1. The van der Waals surface area contributed by atoms with Gasteiger partial charge in [-0.15, -0.1) is 0 Å². The molecule has 0 N–H and O–H groups in total. The number of hydrogen-bond acceptors (Lipinski definition) is 3. The van der Waals surface area contributed by atoms with Crippen LogP contribution in [0.4, 0.5) is 0 Å². The van der Waals surface area contributed by atoms with E-state index >= 15 is 0 Å². The third-order valence-corrected chi connectivity index (χ3v) is 5.65. The first kappa shape index (κ1) is 18.5. The molecule has 1 aliphatic heterocycles. The highest BCUT2D eigenvalue weighted by Crippen LogP contribution is 2.49. The number of likely N-dealkylation sites (tertiary alicyclic amines) is 1. The molecule has 0 saturated carbocycles. The van der Waals surface area contributed by atoms with Crippen molar-refractivity contribution in [2.24, 2.45) is 5.92 Å². The molecule has 0 bridgehead atoms. The van der Waals surface area contributed by atoms with E-state index < -0.39 is 0 Å². The van der Waals surface area contributed by atoms with Crippen LogP contribution in [0.3, 0.4) is 0 Å². The molecule has 0 aromatic heterocycles. The van der Waals surface area contributed by atoms with Gasteiger partial charge in [0.25, 0.3) is 0 Å². The molecule has 3 nitrogen and oxygen atoms in total. The van der Waals surface area contributed by atoms with Crippen LogP contribution in [0.5, 0.6) is 0 Å². The predicted molar refractivity (Wildman–Crippen MR) is 110 cm³/mol. The number of nitrogens with zero attached hydrogens (tertiary/aromatic N) is 1. The standard InChI is InChI=1S/C25H25NO2/c1-28-25(27)22-17-23(20-13-7-3-8-14-20)26(18-19-11-5-2-6-12-19)24(22)21-15-9-4-10-16-21/h2-16,22-24H,17-18H2,1H3/t22-,23-,24+/m1/s1. The molecule has 28 heavy (non-hydrogen) atoms. The Balaban J connectivity index is 1.78. The lowest BCUT2D eigenvalue weighted by Crippen LogP contribution is -2.30. The Hall–Kier alpha value is -2.91. The van der Waals surface area contributed by atoms with Crippen molar-refractivity contribution in [3.05, 3.63) is 108 Å². The normalized spacial score (nSPS) is 22.1. The number of carbonyl (C=O) groups is 1. The van der Waals surface area contributed by atoms with Gasteiger partial charge in [-0.1, -0.05) is 91.0 Å². The summed E-state index contributed by atoms with van der Waals surface area (Å²) in [6.07, 6.45) is 0.753. The van der Waals surface area contributed by atoms with Crippen LogP contribution in [0.1, 0.15) is 35.2 Å². The van der Waals surface area contributed by atoms with E-state index in [4.69, 9.17) is 4.74 Å². The highest BCUT2D eigenvalue weighted by molar-refractivity contribution is 5.74. The zero-order chi connectivity index (χ0) is 19.3. The van der Waals surface area contributed by atoms with E-state index in [-0.39, 0.29) is 24.0 Å². The van der Waals surface area contributed by atoms with Crippen LogP contribution in [-0.2, 0) is 16.1 Å². The van der Waals surface area contributed by atoms with Crippen molar-refractivity contribution < 1.29 is 9.53 Å². The number of ether oxygens (including phenoxy) is 1. The predicted octanol–water partition coefficient (Wildman–Crippen LogP) is 5.16. The molecular formula is C25H25NO2. The molecule has 3 aromatic carbocycles. The third kappa shape index (κ3) is 3.71.